The van der Waals surface area contributed by atoms with Gasteiger partial charge in [0.25, 0.3) is 0 Å². The van der Waals surface area contributed by atoms with E-state index in [0.717, 1.165) is 19.4 Å². The minimum absolute atomic E-state index is 0.240. The van der Waals surface area contributed by atoms with Crippen LogP contribution < -0.4 is 5.32 Å². The summed E-state index contributed by atoms with van der Waals surface area (Å²) in [5, 5.41) is 3.06. The quantitative estimate of drug-likeness (QED) is 0.827. The van der Waals surface area contributed by atoms with Crippen molar-refractivity contribution in [3.8, 4) is 11.3 Å². The highest BCUT2D eigenvalue weighted by molar-refractivity contribution is 5.58. The summed E-state index contributed by atoms with van der Waals surface area (Å²) in [7, 11) is 1.91. The van der Waals surface area contributed by atoms with Crippen LogP contribution in [0.1, 0.15) is 17.9 Å². The molecular weight excluding hydrogens is 231 g/mol. The number of rotatable bonds is 5. The molecule has 1 N–H and O–H groups in total. The minimum Gasteiger partial charge on any atom is -0.441 e. The first-order chi connectivity index (χ1) is 8.72. The van der Waals surface area contributed by atoms with E-state index >= 15 is 0 Å². The molecule has 0 aliphatic heterocycles. The van der Waals surface area contributed by atoms with E-state index in [0.29, 0.717) is 22.8 Å². The molecule has 0 bridgehead atoms. The van der Waals surface area contributed by atoms with Gasteiger partial charge in [-0.25, -0.2) is 9.37 Å². The van der Waals surface area contributed by atoms with Gasteiger partial charge in [-0.05, 0) is 38.6 Å². The maximum absolute atomic E-state index is 13.9. The molecule has 18 heavy (non-hydrogen) atoms. The van der Waals surface area contributed by atoms with Gasteiger partial charge in [0.15, 0.2) is 11.7 Å². The zero-order valence-corrected chi connectivity index (χ0v) is 10.7. The summed E-state index contributed by atoms with van der Waals surface area (Å²) in [5.41, 5.74) is 1.09. The van der Waals surface area contributed by atoms with E-state index in [9.17, 15) is 4.39 Å². The van der Waals surface area contributed by atoms with Gasteiger partial charge in [0, 0.05) is 6.42 Å². The first kappa shape index (κ1) is 12.8. The molecule has 0 saturated carbocycles. The van der Waals surface area contributed by atoms with Gasteiger partial charge in [-0.3, -0.25) is 0 Å². The highest BCUT2D eigenvalue weighted by atomic mass is 19.1. The van der Waals surface area contributed by atoms with Crippen LogP contribution in [-0.4, -0.2) is 18.6 Å². The Bertz CT molecular complexity index is 522. The van der Waals surface area contributed by atoms with Gasteiger partial charge in [0.1, 0.15) is 5.82 Å². The number of benzene rings is 1. The van der Waals surface area contributed by atoms with Crippen molar-refractivity contribution >= 4 is 0 Å². The lowest BCUT2D eigenvalue weighted by Crippen LogP contribution is -2.08. The molecule has 0 aliphatic rings. The summed E-state index contributed by atoms with van der Waals surface area (Å²) >= 11 is 0. The lowest BCUT2D eigenvalue weighted by atomic mass is 10.1. The molecule has 3 nitrogen and oxygen atoms in total. The third-order valence-corrected chi connectivity index (χ3v) is 2.83. The largest absolute Gasteiger partial charge is 0.441 e. The summed E-state index contributed by atoms with van der Waals surface area (Å²) in [5.74, 6) is 0.909. The van der Waals surface area contributed by atoms with Crippen molar-refractivity contribution in [3.63, 3.8) is 0 Å². The molecule has 96 valence electrons. The van der Waals surface area contributed by atoms with Gasteiger partial charge >= 0.3 is 0 Å². The number of oxazole rings is 1. The molecule has 0 atom stereocenters. The third kappa shape index (κ3) is 2.76. The van der Waals surface area contributed by atoms with Crippen LogP contribution in [0.4, 0.5) is 4.39 Å². The molecule has 2 rings (SSSR count). The molecule has 0 aliphatic carbocycles. The predicted molar refractivity (Wildman–Crippen MR) is 68.9 cm³/mol. The number of aromatic nitrogens is 1. The van der Waals surface area contributed by atoms with E-state index in [2.05, 4.69) is 10.3 Å². The van der Waals surface area contributed by atoms with Crippen LogP contribution in [0.2, 0.25) is 0 Å². The molecule has 0 unspecified atom stereocenters. The third-order valence-electron chi connectivity index (χ3n) is 2.83. The van der Waals surface area contributed by atoms with Gasteiger partial charge < -0.3 is 9.73 Å². The fourth-order valence-corrected chi connectivity index (χ4v) is 1.80. The van der Waals surface area contributed by atoms with Crippen LogP contribution in [0.15, 0.2) is 28.8 Å². The van der Waals surface area contributed by atoms with Crippen LogP contribution in [0.5, 0.6) is 0 Å². The van der Waals surface area contributed by atoms with Gasteiger partial charge in [-0.2, -0.15) is 0 Å². The summed E-state index contributed by atoms with van der Waals surface area (Å²) in [6.07, 6.45) is 3.30. The molecule has 1 aromatic heterocycles. The van der Waals surface area contributed by atoms with Crippen LogP contribution in [0.3, 0.4) is 0 Å². The van der Waals surface area contributed by atoms with E-state index in [1.54, 1.807) is 25.3 Å². The molecule has 1 aromatic carbocycles. The Labute approximate surface area is 106 Å². The number of hydrogen-bond acceptors (Lipinski definition) is 3. The zero-order chi connectivity index (χ0) is 13.0. The Morgan fingerprint density at radius 3 is 3.00 bits per heavy atom. The van der Waals surface area contributed by atoms with Crippen molar-refractivity contribution in [1.82, 2.24) is 10.3 Å². The second-order valence-electron chi connectivity index (χ2n) is 4.26. The Hall–Kier alpha value is -1.68. The molecule has 2 aromatic rings. The molecule has 0 amide bonds. The topological polar surface area (TPSA) is 38.1 Å². The second-order valence-corrected chi connectivity index (χ2v) is 4.26. The Morgan fingerprint density at radius 1 is 1.39 bits per heavy atom. The summed E-state index contributed by atoms with van der Waals surface area (Å²) in [6.45, 7) is 2.65. The minimum atomic E-state index is -0.240. The Kier molecular flexibility index (Phi) is 4.10. The highest BCUT2D eigenvalue weighted by Gasteiger charge is 2.12. The van der Waals surface area contributed by atoms with Gasteiger partial charge in [0.05, 0.1) is 11.8 Å². The highest BCUT2D eigenvalue weighted by Crippen LogP contribution is 2.25. The van der Waals surface area contributed by atoms with Crippen LogP contribution in [-0.2, 0) is 6.42 Å². The molecular formula is C14H17FN2O. The smallest absolute Gasteiger partial charge is 0.194 e. The van der Waals surface area contributed by atoms with E-state index < -0.39 is 0 Å². The van der Waals surface area contributed by atoms with E-state index in [-0.39, 0.29) is 5.82 Å². The zero-order valence-electron chi connectivity index (χ0n) is 10.7. The van der Waals surface area contributed by atoms with Crippen molar-refractivity contribution in [3.05, 3.63) is 41.7 Å². The molecule has 0 radical (unpaired) electrons. The van der Waals surface area contributed by atoms with Crippen molar-refractivity contribution in [2.24, 2.45) is 0 Å². The Balaban J connectivity index is 2.16. The van der Waals surface area contributed by atoms with Gasteiger partial charge in [0.2, 0.25) is 0 Å². The van der Waals surface area contributed by atoms with E-state index in [1.807, 2.05) is 13.1 Å². The van der Waals surface area contributed by atoms with E-state index in [1.165, 1.54) is 0 Å². The molecule has 0 fully saturated rings. The monoisotopic (exact) mass is 248 g/mol. The van der Waals surface area contributed by atoms with Gasteiger partial charge in [-0.1, -0.05) is 12.1 Å². The fraction of sp³-hybridized carbons (Fsp3) is 0.357. The van der Waals surface area contributed by atoms with Crippen molar-refractivity contribution in [2.45, 2.75) is 19.8 Å². The maximum atomic E-state index is 13.9. The summed E-state index contributed by atoms with van der Waals surface area (Å²) in [4.78, 5) is 4.17. The molecule has 1 heterocycles. The fourth-order valence-electron chi connectivity index (χ4n) is 1.80. The Morgan fingerprint density at radius 2 is 2.22 bits per heavy atom. The number of hydrogen-bond donors (Lipinski definition) is 1. The van der Waals surface area contributed by atoms with Crippen LogP contribution in [0, 0.1) is 12.7 Å². The standard InChI is InChI=1S/C14H17FN2O/c1-10-5-3-6-11(14(10)15)12-9-17-13(18-12)7-4-8-16-2/h3,5-6,9,16H,4,7-8H2,1-2H3. The lowest BCUT2D eigenvalue weighted by Gasteiger charge is -2.01. The number of nitrogens with one attached hydrogen (secondary N) is 1. The second kappa shape index (κ2) is 5.78. The predicted octanol–water partition coefficient (Wildman–Crippen LogP) is 2.94. The van der Waals surface area contributed by atoms with E-state index in [4.69, 9.17) is 4.42 Å². The van der Waals surface area contributed by atoms with Gasteiger partial charge in [-0.15, -0.1) is 0 Å². The van der Waals surface area contributed by atoms with Crippen LogP contribution in [0.25, 0.3) is 11.3 Å². The lowest BCUT2D eigenvalue weighted by molar-refractivity contribution is 0.491. The average molecular weight is 248 g/mol. The van der Waals surface area contributed by atoms with Crippen molar-refractivity contribution in [1.29, 1.82) is 0 Å². The van der Waals surface area contributed by atoms with Crippen molar-refractivity contribution < 1.29 is 8.81 Å². The first-order valence-corrected chi connectivity index (χ1v) is 6.07. The van der Waals surface area contributed by atoms with Crippen LogP contribution >= 0.6 is 0 Å². The number of aryl methyl sites for hydroxylation is 2. The average Bonchev–Trinajstić information content (AvgIpc) is 2.82. The molecule has 0 spiro atoms. The normalized spacial score (nSPS) is 10.8. The first-order valence-electron chi connectivity index (χ1n) is 6.07. The maximum Gasteiger partial charge on any atom is 0.194 e. The number of halogens is 1. The summed E-state index contributed by atoms with van der Waals surface area (Å²) < 4.78 is 19.5. The summed E-state index contributed by atoms with van der Waals surface area (Å²) in [6, 6.07) is 5.26. The van der Waals surface area contributed by atoms with Crippen molar-refractivity contribution in [2.75, 3.05) is 13.6 Å². The SMILES string of the molecule is CNCCCc1ncc(-c2cccc(C)c2F)o1. The molecule has 4 heteroatoms. The molecule has 0 saturated heterocycles. The number of nitrogens with zero attached hydrogens (tertiary/aromatic N) is 1.